The second-order valence-corrected chi connectivity index (χ2v) is 6.15. The fourth-order valence-electron chi connectivity index (χ4n) is 2.60. The predicted octanol–water partition coefficient (Wildman–Crippen LogP) is 3.96. The van der Waals surface area contributed by atoms with Gasteiger partial charge in [-0.2, -0.15) is 5.10 Å². The molecule has 21 heavy (non-hydrogen) atoms. The van der Waals surface area contributed by atoms with Gasteiger partial charge in [0, 0.05) is 22.3 Å². The van der Waals surface area contributed by atoms with Gasteiger partial charge in [0.15, 0.2) is 0 Å². The van der Waals surface area contributed by atoms with Gasteiger partial charge in [0.25, 0.3) is 0 Å². The van der Waals surface area contributed by atoms with Gasteiger partial charge in [0.05, 0.1) is 11.7 Å². The number of hydrogen-bond donors (Lipinski definition) is 1. The average Bonchev–Trinajstić information content (AvgIpc) is 3.07. The minimum Gasteiger partial charge on any atom is -0.307 e. The molecule has 0 aliphatic rings. The first-order valence-electron chi connectivity index (χ1n) is 7.11. The summed E-state index contributed by atoms with van der Waals surface area (Å²) in [5, 5.41) is 8.70. The van der Waals surface area contributed by atoms with Crippen molar-refractivity contribution in [1.82, 2.24) is 15.1 Å². The first-order chi connectivity index (χ1) is 10.2. The third-order valence-corrected chi connectivity index (χ3v) is 4.73. The molecular formula is C16H18FN3S. The maximum atomic E-state index is 13.3. The maximum Gasteiger partial charge on any atom is 0.123 e. The van der Waals surface area contributed by atoms with Crippen molar-refractivity contribution >= 4 is 21.4 Å². The lowest BCUT2D eigenvalue weighted by Crippen LogP contribution is -2.20. The van der Waals surface area contributed by atoms with Gasteiger partial charge in [0.2, 0.25) is 0 Å². The Hall–Kier alpha value is -1.72. The molecule has 1 N–H and O–H groups in total. The van der Waals surface area contributed by atoms with E-state index in [-0.39, 0.29) is 11.9 Å². The van der Waals surface area contributed by atoms with Crippen molar-refractivity contribution < 1.29 is 4.39 Å². The Morgan fingerprint density at radius 3 is 2.95 bits per heavy atom. The molecule has 2 heterocycles. The largest absolute Gasteiger partial charge is 0.307 e. The summed E-state index contributed by atoms with van der Waals surface area (Å²) in [5.41, 5.74) is 1.14. The highest BCUT2D eigenvalue weighted by Gasteiger charge is 2.19. The summed E-state index contributed by atoms with van der Waals surface area (Å²) in [4.78, 5) is 1.18. The molecule has 110 valence electrons. The van der Waals surface area contributed by atoms with Crippen LogP contribution < -0.4 is 5.32 Å². The Balaban J connectivity index is 2.03. The molecular weight excluding hydrogens is 285 g/mol. The van der Waals surface area contributed by atoms with Gasteiger partial charge in [-0.15, -0.1) is 11.3 Å². The molecule has 3 nitrogen and oxygen atoms in total. The zero-order valence-electron chi connectivity index (χ0n) is 12.1. The van der Waals surface area contributed by atoms with E-state index < -0.39 is 0 Å². The van der Waals surface area contributed by atoms with E-state index in [0.717, 1.165) is 28.7 Å². The van der Waals surface area contributed by atoms with Crippen LogP contribution >= 0.6 is 11.3 Å². The van der Waals surface area contributed by atoms with Crippen molar-refractivity contribution in [2.24, 2.45) is 0 Å². The van der Waals surface area contributed by atoms with Crippen LogP contribution in [0.5, 0.6) is 0 Å². The van der Waals surface area contributed by atoms with E-state index in [4.69, 9.17) is 0 Å². The van der Waals surface area contributed by atoms with Crippen LogP contribution in [0, 0.1) is 5.82 Å². The number of fused-ring (bicyclic) bond motifs is 1. The monoisotopic (exact) mass is 303 g/mol. The van der Waals surface area contributed by atoms with Crippen molar-refractivity contribution in [2.45, 2.75) is 25.9 Å². The zero-order valence-corrected chi connectivity index (χ0v) is 13.0. The summed E-state index contributed by atoms with van der Waals surface area (Å²) < 4.78 is 16.5. The van der Waals surface area contributed by atoms with Crippen LogP contribution in [0.15, 0.2) is 36.5 Å². The van der Waals surface area contributed by atoms with Crippen molar-refractivity contribution in [2.75, 3.05) is 7.05 Å². The van der Waals surface area contributed by atoms with E-state index in [2.05, 4.69) is 23.4 Å². The van der Waals surface area contributed by atoms with E-state index in [1.54, 1.807) is 17.4 Å². The maximum absolute atomic E-state index is 13.3. The molecule has 5 heteroatoms. The SMILES string of the molecule is CCCn1nccc1C(NC)c1cc2cc(F)ccc2s1. The van der Waals surface area contributed by atoms with Crippen LogP contribution in [0.4, 0.5) is 4.39 Å². The minimum absolute atomic E-state index is 0.0829. The Labute approximate surface area is 127 Å². The summed E-state index contributed by atoms with van der Waals surface area (Å²) in [5.74, 6) is -0.191. The molecule has 0 saturated heterocycles. The zero-order chi connectivity index (χ0) is 14.8. The number of nitrogens with one attached hydrogen (secondary N) is 1. The fraction of sp³-hybridized carbons (Fsp3) is 0.312. The van der Waals surface area contributed by atoms with E-state index >= 15 is 0 Å². The smallest absolute Gasteiger partial charge is 0.123 e. The number of hydrogen-bond acceptors (Lipinski definition) is 3. The normalized spacial score (nSPS) is 12.9. The molecule has 0 aliphatic carbocycles. The Kier molecular flexibility index (Phi) is 4.03. The molecule has 3 aromatic rings. The van der Waals surface area contributed by atoms with Crippen LogP contribution in [-0.2, 0) is 6.54 Å². The van der Waals surface area contributed by atoms with Gasteiger partial charge in [-0.25, -0.2) is 4.39 Å². The molecule has 0 fully saturated rings. The molecule has 0 saturated carbocycles. The van der Waals surface area contributed by atoms with E-state index in [1.165, 1.54) is 10.9 Å². The predicted molar refractivity (Wildman–Crippen MR) is 85.2 cm³/mol. The number of benzene rings is 1. The molecule has 0 radical (unpaired) electrons. The van der Waals surface area contributed by atoms with Crippen molar-refractivity contribution in [1.29, 1.82) is 0 Å². The standard InChI is InChI=1S/C16H18FN3S/c1-3-8-20-13(6-7-19-20)16(18-2)15-10-11-9-12(17)4-5-14(11)21-15/h4-7,9-10,16,18H,3,8H2,1-2H3. The van der Waals surface area contributed by atoms with Crippen molar-refractivity contribution in [3.05, 3.63) is 52.9 Å². The topological polar surface area (TPSA) is 29.9 Å². The molecule has 3 rings (SSSR count). The van der Waals surface area contributed by atoms with Crippen LogP contribution in [-0.4, -0.2) is 16.8 Å². The lowest BCUT2D eigenvalue weighted by Gasteiger charge is -2.16. The van der Waals surface area contributed by atoms with Crippen LogP contribution in [0.3, 0.4) is 0 Å². The summed E-state index contributed by atoms with van der Waals surface area (Å²) in [6.07, 6.45) is 2.88. The highest BCUT2D eigenvalue weighted by molar-refractivity contribution is 7.19. The van der Waals surface area contributed by atoms with Gasteiger partial charge >= 0.3 is 0 Å². The van der Waals surface area contributed by atoms with Crippen molar-refractivity contribution in [3.8, 4) is 0 Å². The molecule has 0 aliphatic heterocycles. The molecule has 1 unspecified atom stereocenters. The number of aromatic nitrogens is 2. The van der Waals surface area contributed by atoms with Gasteiger partial charge in [0.1, 0.15) is 5.82 Å². The quantitative estimate of drug-likeness (QED) is 0.773. The highest BCUT2D eigenvalue weighted by atomic mass is 32.1. The van der Waals surface area contributed by atoms with Gasteiger partial charge in [-0.05, 0) is 49.2 Å². The summed E-state index contributed by atoms with van der Waals surface area (Å²) in [6.45, 7) is 3.04. The van der Waals surface area contributed by atoms with Crippen molar-refractivity contribution in [3.63, 3.8) is 0 Å². The third-order valence-electron chi connectivity index (χ3n) is 3.55. The minimum atomic E-state index is -0.191. The number of nitrogens with zero attached hydrogens (tertiary/aromatic N) is 2. The molecule has 0 bridgehead atoms. The van der Waals surface area contributed by atoms with Gasteiger partial charge in [-0.3, -0.25) is 4.68 Å². The molecule has 0 spiro atoms. The highest BCUT2D eigenvalue weighted by Crippen LogP contribution is 2.33. The van der Waals surface area contributed by atoms with Gasteiger partial charge < -0.3 is 5.32 Å². The van der Waals surface area contributed by atoms with E-state index in [9.17, 15) is 4.39 Å². The van der Waals surface area contributed by atoms with E-state index in [0.29, 0.717) is 0 Å². The Bertz CT molecular complexity index is 747. The molecule has 0 amide bonds. The lowest BCUT2D eigenvalue weighted by atomic mass is 10.1. The number of thiophene rings is 1. The lowest BCUT2D eigenvalue weighted by molar-refractivity contribution is 0.538. The van der Waals surface area contributed by atoms with Crippen LogP contribution in [0.2, 0.25) is 0 Å². The average molecular weight is 303 g/mol. The third kappa shape index (κ3) is 2.71. The Morgan fingerprint density at radius 1 is 1.33 bits per heavy atom. The number of rotatable bonds is 5. The second kappa shape index (κ2) is 5.95. The first-order valence-corrected chi connectivity index (χ1v) is 7.92. The van der Waals surface area contributed by atoms with Crippen LogP contribution in [0.1, 0.15) is 30.0 Å². The van der Waals surface area contributed by atoms with E-state index in [1.807, 2.05) is 30.1 Å². The molecule has 1 atom stereocenters. The summed E-state index contributed by atoms with van der Waals surface area (Å²) in [6, 6.07) is 9.13. The second-order valence-electron chi connectivity index (χ2n) is 5.03. The molecule has 1 aromatic carbocycles. The Morgan fingerprint density at radius 2 is 2.19 bits per heavy atom. The molecule has 2 aromatic heterocycles. The summed E-state index contributed by atoms with van der Waals surface area (Å²) >= 11 is 1.69. The first kappa shape index (κ1) is 14.2. The fourth-order valence-corrected chi connectivity index (χ4v) is 3.77. The summed E-state index contributed by atoms with van der Waals surface area (Å²) in [7, 11) is 1.94. The van der Waals surface area contributed by atoms with Gasteiger partial charge in [-0.1, -0.05) is 6.92 Å². The van der Waals surface area contributed by atoms with Crippen LogP contribution in [0.25, 0.3) is 10.1 Å². The number of halogens is 1. The number of aryl methyl sites for hydroxylation is 1.